The van der Waals surface area contributed by atoms with Gasteiger partial charge in [0.05, 0.1) is 5.56 Å². The van der Waals surface area contributed by atoms with Crippen molar-refractivity contribution >= 4 is 11.6 Å². The summed E-state index contributed by atoms with van der Waals surface area (Å²) in [6.07, 6.45) is -2.67. The molecule has 1 aromatic heterocycles. The van der Waals surface area contributed by atoms with Gasteiger partial charge in [-0.15, -0.1) is 0 Å². The Morgan fingerprint density at radius 1 is 1.18 bits per heavy atom. The standard InChI is InChI=1S/C16H15F3N2O/c1-11-5-4-8-21(12(11)2)10-15(22)20-14-7-3-6-13(9-14)16(17,18)19/h3-9H,10H2,1-2H3/p+1. The normalized spacial score (nSPS) is 11.3. The average molecular weight is 309 g/mol. The maximum absolute atomic E-state index is 12.6. The van der Waals surface area contributed by atoms with Crippen molar-refractivity contribution in [1.82, 2.24) is 0 Å². The number of anilines is 1. The van der Waals surface area contributed by atoms with E-state index in [2.05, 4.69) is 5.32 Å². The van der Waals surface area contributed by atoms with Gasteiger partial charge >= 0.3 is 6.18 Å². The molecule has 0 saturated carbocycles. The summed E-state index contributed by atoms with van der Waals surface area (Å²) in [5.74, 6) is -0.377. The first-order valence-electron chi connectivity index (χ1n) is 6.70. The molecule has 0 fully saturated rings. The largest absolute Gasteiger partial charge is 0.416 e. The molecule has 2 rings (SSSR count). The van der Waals surface area contributed by atoms with Gasteiger partial charge in [-0.2, -0.15) is 17.7 Å². The summed E-state index contributed by atoms with van der Waals surface area (Å²) in [7, 11) is 0. The lowest BCUT2D eigenvalue weighted by Crippen LogP contribution is -2.43. The van der Waals surface area contributed by atoms with Crippen molar-refractivity contribution in [2.75, 3.05) is 5.32 Å². The number of nitrogens with zero attached hydrogens (tertiary/aromatic N) is 1. The van der Waals surface area contributed by atoms with E-state index in [0.29, 0.717) is 0 Å². The lowest BCUT2D eigenvalue weighted by atomic mass is 10.2. The molecule has 0 atom stereocenters. The molecule has 1 aromatic carbocycles. The van der Waals surface area contributed by atoms with Gasteiger partial charge in [0.2, 0.25) is 6.54 Å². The number of pyridine rings is 1. The molecule has 0 saturated heterocycles. The van der Waals surface area contributed by atoms with Gasteiger partial charge in [0.25, 0.3) is 5.91 Å². The number of aryl methyl sites for hydroxylation is 1. The second-order valence-corrected chi connectivity index (χ2v) is 5.03. The Bertz CT molecular complexity index is 696. The number of carbonyl (C=O) groups is 1. The van der Waals surface area contributed by atoms with E-state index in [1.165, 1.54) is 12.1 Å². The number of alkyl halides is 3. The Balaban J connectivity index is 2.11. The zero-order valence-corrected chi connectivity index (χ0v) is 12.2. The van der Waals surface area contributed by atoms with E-state index in [4.69, 9.17) is 0 Å². The molecule has 0 aliphatic rings. The summed E-state index contributed by atoms with van der Waals surface area (Å²) in [4.78, 5) is 12.0. The van der Waals surface area contributed by atoms with E-state index in [-0.39, 0.29) is 18.1 Å². The van der Waals surface area contributed by atoms with Crippen LogP contribution in [0.2, 0.25) is 0 Å². The van der Waals surface area contributed by atoms with E-state index in [9.17, 15) is 18.0 Å². The molecule has 3 nitrogen and oxygen atoms in total. The molecule has 0 aliphatic carbocycles. The molecule has 0 spiro atoms. The van der Waals surface area contributed by atoms with Crippen LogP contribution in [0, 0.1) is 13.8 Å². The minimum Gasteiger partial charge on any atom is -0.321 e. The first kappa shape index (κ1) is 16.0. The maximum Gasteiger partial charge on any atom is 0.416 e. The predicted octanol–water partition coefficient (Wildman–Crippen LogP) is 3.25. The van der Waals surface area contributed by atoms with E-state index < -0.39 is 11.7 Å². The Kier molecular flexibility index (Phi) is 4.49. The molecule has 0 radical (unpaired) electrons. The number of halogens is 3. The molecule has 1 N–H and O–H groups in total. The second kappa shape index (κ2) is 6.17. The van der Waals surface area contributed by atoms with Gasteiger partial charge in [-0.1, -0.05) is 6.07 Å². The Morgan fingerprint density at radius 2 is 1.91 bits per heavy atom. The van der Waals surface area contributed by atoms with Crippen LogP contribution in [-0.4, -0.2) is 5.91 Å². The van der Waals surface area contributed by atoms with Gasteiger partial charge in [-0.25, -0.2) is 0 Å². The fourth-order valence-electron chi connectivity index (χ4n) is 2.05. The van der Waals surface area contributed by atoms with Crippen LogP contribution < -0.4 is 9.88 Å². The number of hydrogen-bond donors (Lipinski definition) is 1. The highest BCUT2D eigenvalue weighted by Crippen LogP contribution is 2.30. The Morgan fingerprint density at radius 3 is 2.59 bits per heavy atom. The SMILES string of the molecule is Cc1ccc[n+](CC(=O)Nc2cccc(C(F)(F)F)c2)c1C. The van der Waals surface area contributed by atoms with Crippen molar-refractivity contribution in [3.8, 4) is 0 Å². The van der Waals surface area contributed by atoms with Gasteiger partial charge in [0.15, 0.2) is 11.9 Å². The second-order valence-electron chi connectivity index (χ2n) is 5.03. The highest BCUT2D eigenvalue weighted by atomic mass is 19.4. The van der Waals surface area contributed by atoms with Gasteiger partial charge in [0.1, 0.15) is 0 Å². The van der Waals surface area contributed by atoms with Crippen molar-refractivity contribution in [2.24, 2.45) is 0 Å². The fourth-order valence-corrected chi connectivity index (χ4v) is 2.05. The smallest absolute Gasteiger partial charge is 0.321 e. The monoisotopic (exact) mass is 309 g/mol. The summed E-state index contributed by atoms with van der Waals surface area (Å²) in [5, 5.41) is 2.49. The molecule has 22 heavy (non-hydrogen) atoms. The van der Waals surface area contributed by atoms with Gasteiger partial charge in [-0.05, 0) is 31.2 Å². The summed E-state index contributed by atoms with van der Waals surface area (Å²) in [6, 6.07) is 8.33. The third-order valence-electron chi connectivity index (χ3n) is 3.40. The summed E-state index contributed by atoms with van der Waals surface area (Å²) >= 11 is 0. The number of nitrogens with one attached hydrogen (secondary N) is 1. The van der Waals surface area contributed by atoms with E-state index in [1.54, 1.807) is 10.8 Å². The zero-order valence-electron chi connectivity index (χ0n) is 12.2. The molecule has 6 heteroatoms. The lowest BCUT2D eigenvalue weighted by Gasteiger charge is -2.09. The van der Waals surface area contributed by atoms with Crippen molar-refractivity contribution in [3.63, 3.8) is 0 Å². The summed E-state index contributed by atoms with van der Waals surface area (Å²) in [5.41, 5.74) is 1.31. The van der Waals surface area contributed by atoms with Crippen LogP contribution in [0.25, 0.3) is 0 Å². The van der Waals surface area contributed by atoms with Crippen LogP contribution in [-0.2, 0) is 17.5 Å². The third kappa shape index (κ3) is 3.84. The molecule has 1 heterocycles. The van der Waals surface area contributed by atoms with Crippen LogP contribution in [0.1, 0.15) is 16.8 Å². The maximum atomic E-state index is 12.6. The minimum absolute atomic E-state index is 0.0454. The van der Waals surface area contributed by atoms with Crippen LogP contribution in [0.15, 0.2) is 42.6 Å². The van der Waals surface area contributed by atoms with Crippen molar-refractivity contribution in [2.45, 2.75) is 26.6 Å². The van der Waals surface area contributed by atoms with Crippen molar-refractivity contribution in [1.29, 1.82) is 0 Å². The average Bonchev–Trinajstić information content (AvgIpc) is 2.43. The molecule has 0 unspecified atom stereocenters. The third-order valence-corrected chi connectivity index (χ3v) is 3.40. The number of rotatable bonds is 3. The highest BCUT2D eigenvalue weighted by Gasteiger charge is 2.30. The van der Waals surface area contributed by atoms with E-state index >= 15 is 0 Å². The Hall–Kier alpha value is -2.37. The number of amides is 1. The number of benzene rings is 1. The van der Waals surface area contributed by atoms with E-state index in [1.807, 2.05) is 26.0 Å². The molecule has 2 aromatic rings. The van der Waals surface area contributed by atoms with Crippen LogP contribution in [0.4, 0.5) is 18.9 Å². The first-order chi connectivity index (χ1) is 10.3. The predicted molar refractivity (Wildman–Crippen MR) is 76.2 cm³/mol. The van der Waals surface area contributed by atoms with Gasteiger partial charge in [0, 0.05) is 24.2 Å². The summed E-state index contributed by atoms with van der Waals surface area (Å²) < 4.78 is 39.6. The first-order valence-corrected chi connectivity index (χ1v) is 6.70. The lowest BCUT2D eigenvalue weighted by molar-refractivity contribution is -0.690. The quantitative estimate of drug-likeness (QED) is 0.868. The number of carbonyl (C=O) groups excluding carboxylic acids is 1. The van der Waals surface area contributed by atoms with Crippen molar-refractivity contribution in [3.05, 3.63) is 59.4 Å². The minimum atomic E-state index is -4.43. The molecule has 1 amide bonds. The van der Waals surface area contributed by atoms with Crippen LogP contribution >= 0.6 is 0 Å². The topological polar surface area (TPSA) is 33.0 Å². The fraction of sp³-hybridized carbons (Fsp3) is 0.250. The molecule has 0 aliphatic heterocycles. The number of aromatic nitrogens is 1. The van der Waals surface area contributed by atoms with Crippen LogP contribution in [0.3, 0.4) is 0 Å². The Labute approximate surface area is 126 Å². The van der Waals surface area contributed by atoms with Gasteiger partial charge in [-0.3, -0.25) is 4.79 Å². The highest BCUT2D eigenvalue weighted by molar-refractivity contribution is 5.89. The zero-order chi connectivity index (χ0) is 16.3. The summed E-state index contributed by atoms with van der Waals surface area (Å²) in [6.45, 7) is 3.85. The van der Waals surface area contributed by atoms with Gasteiger partial charge < -0.3 is 5.32 Å². The number of hydrogen-bond acceptors (Lipinski definition) is 1. The molecular weight excluding hydrogens is 293 g/mol. The van der Waals surface area contributed by atoms with Crippen LogP contribution in [0.5, 0.6) is 0 Å². The van der Waals surface area contributed by atoms with Crippen molar-refractivity contribution < 1.29 is 22.5 Å². The molecule has 0 bridgehead atoms. The molecule has 116 valence electrons. The molecular formula is C16H16F3N2O+. The van der Waals surface area contributed by atoms with E-state index in [0.717, 1.165) is 23.4 Å².